The van der Waals surface area contributed by atoms with Crippen molar-refractivity contribution in [2.75, 3.05) is 0 Å². The molecule has 0 bridgehead atoms. The fourth-order valence-corrected chi connectivity index (χ4v) is 1.78. The molecule has 2 aromatic carbocycles. The summed E-state index contributed by atoms with van der Waals surface area (Å²) in [6, 6.07) is 10.6. The maximum absolute atomic E-state index is 12.4. The highest BCUT2D eigenvalue weighted by atomic mass is 19.4. The van der Waals surface area contributed by atoms with Gasteiger partial charge in [-0.2, -0.15) is 18.3 Å². The van der Waals surface area contributed by atoms with Crippen molar-refractivity contribution >= 4 is 12.1 Å². The van der Waals surface area contributed by atoms with Gasteiger partial charge in [-0.3, -0.25) is 4.79 Å². The Hall–Kier alpha value is -2.83. The molecule has 1 amide bonds. The number of phenolic OH excluding ortho intramolecular Hbond substituents is 1. The Morgan fingerprint density at radius 1 is 1.09 bits per heavy atom. The van der Waals surface area contributed by atoms with Gasteiger partial charge in [-0.1, -0.05) is 24.3 Å². The summed E-state index contributed by atoms with van der Waals surface area (Å²) < 4.78 is 37.2. The van der Waals surface area contributed by atoms with Crippen molar-refractivity contribution in [1.82, 2.24) is 5.43 Å². The van der Waals surface area contributed by atoms with Gasteiger partial charge in [-0.05, 0) is 35.4 Å². The van der Waals surface area contributed by atoms with E-state index in [9.17, 15) is 18.0 Å². The van der Waals surface area contributed by atoms with E-state index in [-0.39, 0.29) is 18.1 Å². The summed E-state index contributed by atoms with van der Waals surface area (Å²) in [6.07, 6.45) is -3.05. The smallest absolute Gasteiger partial charge is 0.416 e. The van der Waals surface area contributed by atoms with E-state index < -0.39 is 11.7 Å². The molecule has 0 fully saturated rings. The number of nitrogens with one attached hydrogen (secondary N) is 1. The van der Waals surface area contributed by atoms with Gasteiger partial charge in [-0.15, -0.1) is 0 Å². The molecule has 0 aliphatic rings. The van der Waals surface area contributed by atoms with Gasteiger partial charge < -0.3 is 5.11 Å². The SMILES string of the molecule is O=C(Cc1ccc(O)cc1)N/N=C\c1ccc(C(F)(F)F)cc1. The summed E-state index contributed by atoms with van der Waals surface area (Å²) in [5.41, 5.74) is 2.67. The van der Waals surface area contributed by atoms with Crippen LogP contribution in [-0.4, -0.2) is 17.2 Å². The standard InChI is InChI=1S/C16H13F3N2O2/c17-16(18,19)13-5-1-12(2-6-13)10-20-21-15(23)9-11-3-7-14(22)8-4-11/h1-8,10,22H,9H2,(H,21,23)/b20-10-. The zero-order valence-corrected chi connectivity index (χ0v) is 11.8. The first-order valence-electron chi connectivity index (χ1n) is 6.61. The van der Waals surface area contributed by atoms with Crippen LogP contribution in [0.1, 0.15) is 16.7 Å². The van der Waals surface area contributed by atoms with Crippen molar-refractivity contribution in [3.05, 3.63) is 65.2 Å². The van der Waals surface area contributed by atoms with E-state index in [0.717, 1.165) is 12.1 Å². The van der Waals surface area contributed by atoms with Crippen LogP contribution in [0, 0.1) is 0 Å². The number of hydrogen-bond acceptors (Lipinski definition) is 3. The zero-order chi connectivity index (χ0) is 16.9. The monoisotopic (exact) mass is 322 g/mol. The molecular formula is C16H13F3N2O2. The van der Waals surface area contributed by atoms with E-state index in [2.05, 4.69) is 10.5 Å². The minimum atomic E-state index is -4.38. The molecule has 0 atom stereocenters. The summed E-state index contributed by atoms with van der Waals surface area (Å²) in [6.45, 7) is 0. The minimum absolute atomic E-state index is 0.0740. The lowest BCUT2D eigenvalue weighted by molar-refractivity contribution is -0.137. The van der Waals surface area contributed by atoms with Crippen LogP contribution in [0.25, 0.3) is 0 Å². The second kappa shape index (κ2) is 6.95. The molecule has 2 aromatic rings. The van der Waals surface area contributed by atoms with Crippen molar-refractivity contribution < 1.29 is 23.1 Å². The molecule has 0 radical (unpaired) electrons. The topological polar surface area (TPSA) is 61.7 Å². The quantitative estimate of drug-likeness (QED) is 0.671. The number of hydrazone groups is 1. The Kier molecular flexibility index (Phi) is 5.00. The van der Waals surface area contributed by atoms with Crippen LogP contribution in [-0.2, 0) is 17.4 Å². The largest absolute Gasteiger partial charge is 0.508 e. The summed E-state index contributed by atoms with van der Waals surface area (Å²) in [5, 5.41) is 12.8. The summed E-state index contributed by atoms with van der Waals surface area (Å²) >= 11 is 0. The highest BCUT2D eigenvalue weighted by molar-refractivity contribution is 5.83. The van der Waals surface area contributed by atoms with Crippen LogP contribution in [0.15, 0.2) is 53.6 Å². The predicted octanol–water partition coefficient (Wildman–Crippen LogP) is 3.10. The van der Waals surface area contributed by atoms with Crippen LogP contribution >= 0.6 is 0 Å². The maximum Gasteiger partial charge on any atom is 0.416 e. The summed E-state index contributed by atoms with van der Waals surface area (Å²) in [5.74, 6) is -0.270. The lowest BCUT2D eigenvalue weighted by Gasteiger charge is -2.05. The molecule has 0 spiro atoms. The zero-order valence-electron chi connectivity index (χ0n) is 11.8. The molecule has 2 rings (SSSR count). The first-order valence-corrected chi connectivity index (χ1v) is 6.61. The average Bonchev–Trinajstić information content (AvgIpc) is 2.49. The van der Waals surface area contributed by atoms with E-state index in [4.69, 9.17) is 5.11 Å². The van der Waals surface area contributed by atoms with Gasteiger partial charge in [0.25, 0.3) is 0 Å². The van der Waals surface area contributed by atoms with Gasteiger partial charge in [0.2, 0.25) is 5.91 Å². The summed E-state index contributed by atoms with van der Waals surface area (Å²) in [7, 11) is 0. The van der Waals surface area contributed by atoms with Gasteiger partial charge in [0.05, 0.1) is 18.2 Å². The van der Waals surface area contributed by atoms with Crippen molar-refractivity contribution in [2.24, 2.45) is 5.10 Å². The third-order valence-electron chi connectivity index (χ3n) is 2.94. The van der Waals surface area contributed by atoms with E-state index in [1.165, 1.54) is 30.5 Å². The van der Waals surface area contributed by atoms with Crippen molar-refractivity contribution in [1.29, 1.82) is 0 Å². The van der Waals surface area contributed by atoms with Crippen LogP contribution in [0.2, 0.25) is 0 Å². The molecule has 23 heavy (non-hydrogen) atoms. The Bertz CT molecular complexity index is 693. The average molecular weight is 322 g/mol. The molecule has 0 aromatic heterocycles. The highest BCUT2D eigenvalue weighted by Crippen LogP contribution is 2.28. The first kappa shape index (κ1) is 16.5. The molecule has 0 saturated heterocycles. The fourth-order valence-electron chi connectivity index (χ4n) is 1.78. The third-order valence-corrected chi connectivity index (χ3v) is 2.94. The minimum Gasteiger partial charge on any atom is -0.508 e. The van der Waals surface area contributed by atoms with Crippen LogP contribution in [0.5, 0.6) is 5.75 Å². The van der Waals surface area contributed by atoms with Crippen molar-refractivity contribution in [3.63, 3.8) is 0 Å². The Labute approximate surface area is 130 Å². The number of nitrogens with zero attached hydrogens (tertiary/aromatic N) is 1. The molecule has 4 nitrogen and oxygen atoms in total. The molecule has 120 valence electrons. The maximum atomic E-state index is 12.4. The number of amides is 1. The molecule has 0 unspecified atom stereocenters. The second-order valence-corrected chi connectivity index (χ2v) is 4.76. The highest BCUT2D eigenvalue weighted by Gasteiger charge is 2.29. The molecule has 7 heteroatoms. The molecule has 0 heterocycles. The van der Waals surface area contributed by atoms with E-state index in [0.29, 0.717) is 11.1 Å². The van der Waals surface area contributed by atoms with E-state index >= 15 is 0 Å². The van der Waals surface area contributed by atoms with Gasteiger partial charge in [0.15, 0.2) is 0 Å². The van der Waals surface area contributed by atoms with Crippen LogP contribution in [0.3, 0.4) is 0 Å². The van der Waals surface area contributed by atoms with Gasteiger partial charge in [0.1, 0.15) is 5.75 Å². The number of phenols is 1. The number of aromatic hydroxyl groups is 1. The number of hydrogen-bond donors (Lipinski definition) is 2. The first-order chi connectivity index (χ1) is 10.8. The molecule has 0 aliphatic heterocycles. The Morgan fingerprint density at radius 3 is 2.26 bits per heavy atom. The molecule has 0 aliphatic carbocycles. The second-order valence-electron chi connectivity index (χ2n) is 4.76. The number of rotatable bonds is 4. The van der Waals surface area contributed by atoms with Crippen LogP contribution in [0.4, 0.5) is 13.2 Å². The molecular weight excluding hydrogens is 309 g/mol. The Balaban J connectivity index is 1.88. The lowest BCUT2D eigenvalue weighted by atomic mass is 10.1. The normalized spacial score (nSPS) is 11.6. The van der Waals surface area contributed by atoms with E-state index in [1.807, 2.05) is 0 Å². The predicted molar refractivity (Wildman–Crippen MR) is 79.0 cm³/mol. The number of carbonyl (C=O) groups is 1. The number of alkyl halides is 3. The number of halogens is 3. The fraction of sp³-hybridized carbons (Fsp3) is 0.125. The molecule has 0 saturated carbocycles. The van der Waals surface area contributed by atoms with Gasteiger partial charge in [0, 0.05) is 0 Å². The van der Waals surface area contributed by atoms with E-state index in [1.54, 1.807) is 12.1 Å². The Morgan fingerprint density at radius 2 is 1.70 bits per heavy atom. The molecule has 2 N–H and O–H groups in total. The number of benzene rings is 2. The number of carbonyl (C=O) groups excluding carboxylic acids is 1. The summed E-state index contributed by atoms with van der Waals surface area (Å²) in [4.78, 5) is 11.6. The van der Waals surface area contributed by atoms with Gasteiger partial charge in [-0.25, -0.2) is 5.43 Å². The van der Waals surface area contributed by atoms with Crippen molar-refractivity contribution in [2.45, 2.75) is 12.6 Å². The third kappa shape index (κ3) is 5.14. The van der Waals surface area contributed by atoms with Gasteiger partial charge >= 0.3 is 6.18 Å². The van der Waals surface area contributed by atoms with Crippen molar-refractivity contribution in [3.8, 4) is 5.75 Å². The van der Waals surface area contributed by atoms with Crippen LogP contribution < -0.4 is 5.43 Å². The lowest BCUT2D eigenvalue weighted by Crippen LogP contribution is -2.19.